The lowest BCUT2D eigenvalue weighted by Gasteiger charge is -2.12. The maximum atomic E-state index is 12.7. The highest BCUT2D eigenvalue weighted by molar-refractivity contribution is 7.99. The molecule has 0 spiro atoms. The monoisotopic (exact) mass is 498 g/mol. The van der Waals surface area contributed by atoms with Gasteiger partial charge in [-0.3, -0.25) is 4.79 Å². The Hall–Kier alpha value is -3.86. The zero-order valence-corrected chi connectivity index (χ0v) is 20.7. The van der Waals surface area contributed by atoms with Gasteiger partial charge in [-0.15, -0.1) is 10.2 Å². The third-order valence-electron chi connectivity index (χ3n) is 4.91. The Bertz CT molecular complexity index is 1210. The van der Waals surface area contributed by atoms with Crippen molar-refractivity contribution < 1.29 is 28.6 Å². The molecule has 35 heavy (non-hydrogen) atoms. The molecule has 1 heterocycles. The number of thioether (sulfide) groups is 1. The number of amides is 1. The van der Waals surface area contributed by atoms with Gasteiger partial charge in [-0.05, 0) is 56.3 Å². The largest absolute Gasteiger partial charge is 0.494 e. The van der Waals surface area contributed by atoms with Gasteiger partial charge in [-0.2, -0.15) is 0 Å². The highest BCUT2D eigenvalue weighted by Crippen LogP contribution is 2.26. The molecule has 0 saturated heterocycles. The summed E-state index contributed by atoms with van der Waals surface area (Å²) in [4.78, 5) is 36.7. The minimum Gasteiger partial charge on any atom is -0.494 e. The molecule has 0 bridgehead atoms. The first-order valence-corrected chi connectivity index (χ1v) is 11.8. The number of aromatic nitrogens is 3. The Kier molecular flexibility index (Phi) is 8.85. The van der Waals surface area contributed by atoms with Crippen LogP contribution in [0.2, 0.25) is 0 Å². The van der Waals surface area contributed by atoms with Gasteiger partial charge in [0.15, 0.2) is 11.0 Å². The van der Waals surface area contributed by atoms with Crippen LogP contribution in [0.4, 0.5) is 5.69 Å². The van der Waals surface area contributed by atoms with Crippen LogP contribution in [0.5, 0.6) is 5.75 Å². The predicted molar refractivity (Wildman–Crippen MR) is 131 cm³/mol. The summed E-state index contributed by atoms with van der Waals surface area (Å²) >= 11 is 1.21. The first-order chi connectivity index (χ1) is 16.9. The molecular formula is C24H26N4O6S. The highest BCUT2D eigenvalue weighted by atomic mass is 32.2. The second-order valence-corrected chi connectivity index (χ2v) is 8.03. The highest BCUT2D eigenvalue weighted by Gasteiger charge is 2.19. The molecule has 10 nitrogen and oxygen atoms in total. The van der Waals surface area contributed by atoms with Gasteiger partial charge in [-0.25, -0.2) is 9.59 Å². The van der Waals surface area contributed by atoms with E-state index in [-0.39, 0.29) is 22.6 Å². The van der Waals surface area contributed by atoms with Crippen LogP contribution in [0.3, 0.4) is 0 Å². The minimum absolute atomic E-state index is 0.00444. The molecular weight excluding hydrogens is 472 g/mol. The number of carbonyl (C=O) groups is 3. The summed E-state index contributed by atoms with van der Waals surface area (Å²) in [7, 11) is 2.48. The molecule has 0 unspecified atom stereocenters. The van der Waals surface area contributed by atoms with Crippen LogP contribution in [0, 0.1) is 0 Å². The molecule has 0 fully saturated rings. The van der Waals surface area contributed by atoms with Gasteiger partial charge in [-0.1, -0.05) is 11.8 Å². The van der Waals surface area contributed by atoms with Crippen LogP contribution in [-0.4, -0.2) is 59.2 Å². The van der Waals surface area contributed by atoms with Crippen molar-refractivity contribution in [2.45, 2.75) is 25.5 Å². The third-order valence-corrected chi connectivity index (χ3v) is 5.88. The number of carbonyl (C=O) groups excluding carboxylic acids is 3. The van der Waals surface area contributed by atoms with Crippen LogP contribution in [0.25, 0.3) is 11.4 Å². The topological polar surface area (TPSA) is 122 Å². The number of hydrogen-bond donors (Lipinski definition) is 1. The second-order valence-electron chi connectivity index (χ2n) is 7.09. The fourth-order valence-corrected chi connectivity index (χ4v) is 4.06. The molecule has 1 aromatic heterocycles. The average molecular weight is 499 g/mol. The summed E-state index contributed by atoms with van der Waals surface area (Å²) in [5, 5.41) is 11.8. The first-order valence-electron chi connectivity index (χ1n) is 10.8. The summed E-state index contributed by atoms with van der Waals surface area (Å²) in [6.45, 7) is 5.08. The third kappa shape index (κ3) is 6.18. The lowest BCUT2D eigenvalue weighted by molar-refractivity contribution is -0.113. The Morgan fingerprint density at radius 3 is 2.31 bits per heavy atom. The molecule has 184 valence electrons. The smallest absolute Gasteiger partial charge is 0.339 e. The van der Waals surface area contributed by atoms with E-state index in [0.29, 0.717) is 24.1 Å². The van der Waals surface area contributed by atoms with Gasteiger partial charge in [0.2, 0.25) is 5.91 Å². The molecule has 1 N–H and O–H groups in total. The van der Waals surface area contributed by atoms with Gasteiger partial charge in [0.1, 0.15) is 5.75 Å². The Morgan fingerprint density at radius 2 is 1.69 bits per heavy atom. The lowest BCUT2D eigenvalue weighted by Crippen LogP contribution is -2.18. The van der Waals surface area contributed by atoms with E-state index >= 15 is 0 Å². The Labute approximate surface area is 207 Å². The van der Waals surface area contributed by atoms with Crippen molar-refractivity contribution in [2.75, 3.05) is 31.9 Å². The van der Waals surface area contributed by atoms with Gasteiger partial charge < -0.3 is 24.1 Å². The fraction of sp³-hybridized carbons (Fsp3) is 0.292. The van der Waals surface area contributed by atoms with E-state index in [1.807, 2.05) is 42.7 Å². The fourth-order valence-electron chi connectivity index (χ4n) is 3.26. The Balaban J connectivity index is 1.74. The van der Waals surface area contributed by atoms with Crippen molar-refractivity contribution in [3.63, 3.8) is 0 Å². The van der Waals surface area contributed by atoms with E-state index in [1.165, 1.54) is 44.2 Å². The van der Waals surface area contributed by atoms with Crippen molar-refractivity contribution in [3.05, 3.63) is 53.6 Å². The van der Waals surface area contributed by atoms with Crippen LogP contribution in [0.15, 0.2) is 47.6 Å². The number of nitrogens with zero attached hydrogens (tertiary/aromatic N) is 3. The molecule has 0 saturated carbocycles. The summed E-state index contributed by atoms with van der Waals surface area (Å²) in [5.41, 5.74) is 1.33. The zero-order chi connectivity index (χ0) is 25.4. The number of anilines is 1. The molecule has 0 aliphatic heterocycles. The van der Waals surface area contributed by atoms with Crippen LogP contribution in [-0.2, 0) is 20.8 Å². The number of esters is 2. The van der Waals surface area contributed by atoms with Crippen molar-refractivity contribution in [1.82, 2.24) is 14.8 Å². The molecule has 0 aliphatic carbocycles. The van der Waals surface area contributed by atoms with Crippen molar-refractivity contribution in [3.8, 4) is 17.1 Å². The van der Waals surface area contributed by atoms with Crippen LogP contribution in [0.1, 0.15) is 34.6 Å². The van der Waals surface area contributed by atoms with Crippen LogP contribution >= 0.6 is 11.8 Å². The lowest BCUT2D eigenvalue weighted by atomic mass is 10.1. The molecule has 3 rings (SSSR count). The van der Waals surface area contributed by atoms with Gasteiger partial charge in [0, 0.05) is 12.1 Å². The summed E-state index contributed by atoms with van der Waals surface area (Å²) < 4.78 is 16.9. The Morgan fingerprint density at radius 1 is 0.971 bits per heavy atom. The molecule has 0 atom stereocenters. The molecule has 3 aromatic rings. The number of benzene rings is 2. The van der Waals surface area contributed by atoms with E-state index in [4.69, 9.17) is 14.2 Å². The van der Waals surface area contributed by atoms with Gasteiger partial charge >= 0.3 is 11.9 Å². The number of hydrogen-bond acceptors (Lipinski definition) is 9. The minimum atomic E-state index is -0.643. The summed E-state index contributed by atoms with van der Waals surface area (Å²) in [6, 6.07) is 11.8. The van der Waals surface area contributed by atoms with Gasteiger partial charge in [0.25, 0.3) is 0 Å². The SMILES string of the molecule is CCOc1ccc(-c2nnc(SCC(=O)Nc3cc(C(=O)OC)ccc3C(=O)OC)n2CC)cc1. The number of rotatable bonds is 10. The van der Waals surface area contributed by atoms with E-state index < -0.39 is 17.8 Å². The normalized spacial score (nSPS) is 10.5. The van der Waals surface area contributed by atoms with Gasteiger partial charge in [0.05, 0.1) is 43.4 Å². The zero-order valence-electron chi connectivity index (χ0n) is 19.9. The van der Waals surface area contributed by atoms with Crippen molar-refractivity contribution in [2.24, 2.45) is 0 Å². The molecule has 11 heteroatoms. The second kappa shape index (κ2) is 12.0. The number of nitrogens with one attached hydrogen (secondary N) is 1. The van der Waals surface area contributed by atoms with E-state index in [9.17, 15) is 14.4 Å². The van der Waals surface area contributed by atoms with E-state index in [2.05, 4.69) is 15.5 Å². The van der Waals surface area contributed by atoms with Crippen LogP contribution < -0.4 is 10.1 Å². The van der Waals surface area contributed by atoms with E-state index in [1.54, 1.807) is 0 Å². The molecule has 1 amide bonds. The maximum absolute atomic E-state index is 12.7. The molecule has 2 aromatic carbocycles. The average Bonchev–Trinajstić information content (AvgIpc) is 3.30. The standard InChI is InChI=1S/C24H26N4O6S/c1-5-28-21(15-7-10-17(11-8-15)34-6-2)26-27-24(28)35-14-20(29)25-19-13-16(22(30)32-3)9-12-18(19)23(31)33-4/h7-13H,5-6,14H2,1-4H3,(H,25,29). The predicted octanol–water partition coefficient (Wildman–Crippen LogP) is 3.67. The summed E-state index contributed by atoms with van der Waals surface area (Å²) in [5.74, 6) is -0.177. The quantitative estimate of drug-likeness (QED) is 0.329. The molecule has 0 radical (unpaired) electrons. The number of methoxy groups -OCH3 is 2. The van der Waals surface area contributed by atoms with Crippen molar-refractivity contribution >= 4 is 35.3 Å². The van der Waals surface area contributed by atoms with Crippen molar-refractivity contribution in [1.29, 1.82) is 0 Å². The van der Waals surface area contributed by atoms with E-state index in [0.717, 1.165) is 11.3 Å². The number of ether oxygens (including phenoxy) is 3. The maximum Gasteiger partial charge on any atom is 0.339 e. The molecule has 0 aliphatic rings. The first kappa shape index (κ1) is 25.8. The summed E-state index contributed by atoms with van der Waals surface area (Å²) in [6.07, 6.45) is 0.